The molecule has 1 unspecified atom stereocenters. The Labute approximate surface area is 201 Å². The normalized spacial score (nSPS) is 15.4. The van der Waals surface area contributed by atoms with Crippen molar-refractivity contribution in [3.8, 4) is 5.75 Å². The number of hydrogen-bond donors (Lipinski definition) is 1. The predicted octanol–water partition coefficient (Wildman–Crippen LogP) is 5.98. The highest BCUT2D eigenvalue weighted by Gasteiger charge is 2.35. The molecule has 1 aliphatic rings. The largest absolute Gasteiger partial charge is 0.494 e. The van der Waals surface area contributed by atoms with Crippen molar-refractivity contribution >= 4 is 23.7 Å². The van der Waals surface area contributed by atoms with Crippen LogP contribution in [0.3, 0.4) is 0 Å². The van der Waals surface area contributed by atoms with Crippen molar-refractivity contribution in [2.24, 2.45) is 0 Å². The maximum Gasteiger partial charge on any atom is 0.338 e. The number of hydrogen-bond acceptors (Lipinski definition) is 7. The molecule has 3 rings (SSSR count). The van der Waals surface area contributed by atoms with E-state index in [9.17, 15) is 4.79 Å². The third-order valence-electron chi connectivity index (χ3n) is 5.34. The second-order valence-electron chi connectivity index (χ2n) is 8.51. The van der Waals surface area contributed by atoms with E-state index in [2.05, 4.69) is 24.1 Å². The summed E-state index contributed by atoms with van der Waals surface area (Å²) < 4.78 is 13.3. The van der Waals surface area contributed by atoms with Crippen molar-refractivity contribution in [2.45, 2.75) is 84.0 Å². The van der Waals surface area contributed by atoms with Gasteiger partial charge in [0.2, 0.25) is 11.1 Å². The van der Waals surface area contributed by atoms with Crippen molar-refractivity contribution < 1.29 is 14.3 Å². The van der Waals surface area contributed by atoms with E-state index >= 15 is 0 Å². The molecule has 1 atom stereocenters. The van der Waals surface area contributed by atoms with E-state index in [1.54, 1.807) is 16.4 Å². The van der Waals surface area contributed by atoms with Crippen LogP contribution in [0.5, 0.6) is 5.75 Å². The molecular formula is C25H36N4O3S. The number of nitrogens with zero attached hydrogens (tertiary/aromatic N) is 3. The highest BCUT2D eigenvalue weighted by atomic mass is 32.2. The molecule has 1 aromatic heterocycles. The molecule has 0 aliphatic carbocycles. The monoisotopic (exact) mass is 472 g/mol. The number of ether oxygens (including phenoxy) is 2. The molecule has 0 amide bonds. The van der Waals surface area contributed by atoms with Gasteiger partial charge in [-0.1, -0.05) is 57.0 Å². The van der Waals surface area contributed by atoms with Gasteiger partial charge in [0, 0.05) is 11.4 Å². The van der Waals surface area contributed by atoms with E-state index < -0.39 is 6.04 Å². The first-order chi connectivity index (χ1) is 15.9. The van der Waals surface area contributed by atoms with E-state index in [0.29, 0.717) is 23.3 Å². The maximum atomic E-state index is 13.1. The van der Waals surface area contributed by atoms with Crippen molar-refractivity contribution in [1.29, 1.82) is 0 Å². The van der Waals surface area contributed by atoms with Crippen LogP contribution >= 0.6 is 11.8 Å². The number of carbonyl (C=O) groups excluding carboxylic acids is 1. The summed E-state index contributed by atoms with van der Waals surface area (Å²) in [4.78, 5) is 17.8. The molecule has 0 saturated carbocycles. The Bertz CT molecular complexity index is 953. The zero-order chi connectivity index (χ0) is 23.8. The summed E-state index contributed by atoms with van der Waals surface area (Å²) in [5.74, 6) is 2.08. The maximum absolute atomic E-state index is 13.1. The van der Waals surface area contributed by atoms with Gasteiger partial charge in [-0.25, -0.2) is 9.48 Å². The summed E-state index contributed by atoms with van der Waals surface area (Å²) in [7, 11) is 0. The highest BCUT2D eigenvalue weighted by Crippen LogP contribution is 2.37. The quantitative estimate of drug-likeness (QED) is 0.231. The molecular weight excluding hydrogens is 436 g/mol. The Morgan fingerprint density at radius 2 is 1.88 bits per heavy atom. The first-order valence-corrected chi connectivity index (χ1v) is 12.9. The molecule has 1 aliphatic heterocycles. The number of rotatable bonds is 12. The molecule has 0 bridgehead atoms. The molecule has 0 fully saturated rings. The molecule has 8 heteroatoms. The molecule has 0 radical (unpaired) electrons. The number of anilines is 1. The van der Waals surface area contributed by atoms with Gasteiger partial charge in [-0.05, 0) is 51.3 Å². The zero-order valence-corrected chi connectivity index (χ0v) is 21.2. The van der Waals surface area contributed by atoms with Crippen LogP contribution in [0, 0.1) is 0 Å². The Hall–Kier alpha value is -2.48. The highest BCUT2D eigenvalue weighted by molar-refractivity contribution is 7.99. The third-order valence-corrected chi connectivity index (χ3v) is 6.26. The van der Waals surface area contributed by atoms with E-state index in [1.165, 1.54) is 0 Å². The summed E-state index contributed by atoms with van der Waals surface area (Å²) in [6.45, 7) is 10.6. The van der Waals surface area contributed by atoms with Gasteiger partial charge in [0.05, 0.1) is 18.3 Å². The van der Waals surface area contributed by atoms with Gasteiger partial charge in [0.25, 0.3) is 0 Å². The molecule has 0 saturated heterocycles. The summed E-state index contributed by atoms with van der Waals surface area (Å²) in [6, 6.07) is 7.48. The van der Waals surface area contributed by atoms with E-state index in [4.69, 9.17) is 14.6 Å². The van der Waals surface area contributed by atoms with Gasteiger partial charge in [-0.3, -0.25) is 0 Å². The van der Waals surface area contributed by atoms with E-state index in [-0.39, 0.29) is 12.1 Å². The van der Waals surface area contributed by atoms with Crippen LogP contribution in [0.1, 0.15) is 78.3 Å². The summed E-state index contributed by atoms with van der Waals surface area (Å²) in [5.41, 5.74) is 2.21. The fourth-order valence-corrected chi connectivity index (χ4v) is 4.55. The number of allylic oxidation sites excluding steroid dienone is 1. The van der Waals surface area contributed by atoms with Gasteiger partial charge in [-0.2, -0.15) is 4.98 Å². The average molecular weight is 473 g/mol. The molecule has 7 nitrogen and oxygen atoms in total. The van der Waals surface area contributed by atoms with Crippen LogP contribution in [-0.4, -0.2) is 39.2 Å². The van der Waals surface area contributed by atoms with Gasteiger partial charge in [0.15, 0.2) is 0 Å². The van der Waals surface area contributed by atoms with E-state index in [1.807, 2.05) is 45.0 Å². The third kappa shape index (κ3) is 6.53. The molecule has 180 valence electrons. The minimum atomic E-state index is -0.422. The Morgan fingerprint density at radius 1 is 1.15 bits per heavy atom. The smallest absolute Gasteiger partial charge is 0.338 e. The Kier molecular flexibility index (Phi) is 9.23. The Morgan fingerprint density at radius 3 is 2.55 bits per heavy atom. The Balaban J connectivity index is 1.91. The van der Waals surface area contributed by atoms with Crippen LogP contribution < -0.4 is 10.1 Å². The van der Waals surface area contributed by atoms with Crippen molar-refractivity contribution in [3.05, 3.63) is 41.1 Å². The molecule has 1 N–H and O–H groups in total. The molecule has 2 heterocycles. The molecule has 1 aromatic carbocycles. The second kappa shape index (κ2) is 12.1. The van der Waals surface area contributed by atoms with Gasteiger partial charge >= 0.3 is 5.97 Å². The number of fused-ring (bicyclic) bond motifs is 1. The SMILES string of the molecule is CCCCCOc1ccc(C2C(C(=O)OC(C)C)=C(C)Nc3nc(SCCCC)nn32)cc1. The fraction of sp³-hybridized carbons (Fsp3) is 0.560. The number of benzene rings is 1. The summed E-state index contributed by atoms with van der Waals surface area (Å²) in [6.07, 6.45) is 5.38. The average Bonchev–Trinajstić information content (AvgIpc) is 3.18. The lowest BCUT2D eigenvalue weighted by Crippen LogP contribution is -2.30. The number of esters is 1. The molecule has 33 heavy (non-hydrogen) atoms. The van der Waals surface area contributed by atoms with Crippen LogP contribution in [0.15, 0.2) is 40.7 Å². The first-order valence-electron chi connectivity index (χ1n) is 11.9. The number of nitrogens with one attached hydrogen (secondary N) is 1. The minimum Gasteiger partial charge on any atom is -0.494 e. The van der Waals surface area contributed by atoms with Crippen molar-refractivity contribution in [2.75, 3.05) is 17.7 Å². The minimum absolute atomic E-state index is 0.213. The number of unbranched alkanes of at least 4 members (excludes halogenated alkanes) is 3. The van der Waals surface area contributed by atoms with Gasteiger partial charge in [0.1, 0.15) is 11.8 Å². The molecule has 0 spiro atoms. The summed E-state index contributed by atoms with van der Waals surface area (Å²) in [5, 5.41) is 8.71. The van der Waals surface area contributed by atoms with Crippen molar-refractivity contribution in [3.63, 3.8) is 0 Å². The van der Waals surface area contributed by atoms with Crippen LogP contribution in [-0.2, 0) is 9.53 Å². The van der Waals surface area contributed by atoms with Crippen molar-refractivity contribution in [1.82, 2.24) is 14.8 Å². The lowest BCUT2D eigenvalue weighted by atomic mass is 9.95. The number of carbonyl (C=O) groups is 1. The van der Waals surface area contributed by atoms with Gasteiger partial charge < -0.3 is 14.8 Å². The lowest BCUT2D eigenvalue weighted by Gasteiger charge is -2.28. The fourth-order valence-electron chi connectivity index (χ4n) is 3.64. The van der Waals surface area contributed by atoms with Crippen LogP contribution in [0.25, 0.3) is 0 Å². The van der Waals surface area contributed by atoms with Crippen LogP contribution in [0.2, 0.25) is 0 Å². The second-order valence-corrected chi connectivity index (χ2v) is 9.57. The van der Waals surface area contributed by atoms with E-state index in [0.717, 1.165) is 54.9 Å². The first kappa shape index (κ1) is 25.1. The topological polar surface area (TPSA) is 78.3 Å². The lowest BCUT2D eigenvalue weighted by molar-refractivity contribution is -0.143. The zero-order valence-electron chi connectivity index (χ0n) is 20.4. The standard InChI is InChI=1S/C25H36N4O3S/c1-6-8-10-15-31-20-13-11-19(12-14-20)22-21(23(30)32-17(3)4)18(5)26-24-27-25(28-29(22)24)33-16-9-7-2/h11-14,17,22H,6-10,15-16H2,1-5H3,(H,26,27,28). The summed E-state index contributed by atoms with van der Waals surface area (Å²) >= 11 is 1.63. The number of thioether (sulfide) groups is 1. The predicted molar refractivity (Wildman–Crippen MR) is 133 cm³/mol. The van der Waals surface area contributed by atoms with Gasteiger partial charge in [-0.15, -0.1) is 5.10 Å². The van der Waals surface area contributed by atoms with Crippen LogP contribution in [0.4, 0.5) is 5.95 Å². The number of aromatic nitrogens is 3. The molecule has 2 aromatic rings.